The highest BCUT2D eigenvalue weighted by Gasteiger charge is 2.60. The lowest BCUT2D eigenvalue weighted by molar-refractivity contribution is -0.157. The van der Waals surface area contributed by atoms with E-state index in [2.05, 4.69) is 0 Å². The second-order valence-electron chi connectivity index (χ2n) is 6.84. The SMILES string of the molecule is CN1C(=O)c2ccccc2N2C(=O)CC[C@@]12C(=O)OCCOc1ccccc1F. The van der Waals surface area contributed by atoms with Crippen molar-refractivity contribution in [3.05, 3.63) is 59.9 Å². The van der Waals surface area contributed by atoms with Crippen LogP contribution in [0.4, 0.5) is 10.1 Å². The number of halogens is 1. The van der Waals surface area contributed by atoms with Crippen LogP contribution < -0.4 is 9.64 Å². The lowest BCUT2D eigenvalue weighted by Gasteiger charge is -2.46. The third-order valence-electron chi connectivity index (χ3n) is 5.28. The fourth-order valence-electron chi connectivity index (χ4n) is 3.85. The Morgan fingerprint density at radius 1 is 1.10 bits per heavy atom. The molecule has 0 spiro atoms. The molecule has 8 heteroatoms. The highest BCUT2D eigenvalue weighted by molar-refractivity contribution is 6.15. The Morgan fingerprint density at radius 2 is 1.83 bits per heavy atom. The van der Waals surface area contributed by atoms with Crippen LogP contribution >= 0.6 is 0 Å². The number of carbonyl (C=O) groups is 3. The predicted octanol–water partition coefficient (Wildman–Crippen LogP) is 2.36. The van der Waals surface area contributed by atoms with Gasteiger partial charge in [0.05, 0.1) is 11.3 Å². The molecule has 0 aromatic heterocycles. The van der Waals surface area contributed by atoms with E-state index >= 15 is 0 Å². The summed E-state index contributed by atoms with van der Waals surface area (Å²) in [4.78, 5) is 41.1. The molecule has 4 rings (SSSR count). The van der Waals surface area contributed by atoms with Crippen molar-refractivity contribution in [2.45, 2.75) is 18.5 Å². The molecule has 7 nitrogen and oxygen atoms in total. The van der Waals surface area contributed by atoms with E-state index in [-0.39, 0.29) is 43.6 Å². The summed E-state index contributed by atoms with van der Waals surface area (Å²) in [5, 5.41) is 0. The maximum atomic E-state index is 13.6. The summed E-state index contributed by atoms with van der Waals surface area (Å²) in [6.45, 7) is -0.217. The number of fused-ring (bicyclic) bond motifs is 3. The molecule has 2 amide bonds. The van der Waals surface area contributed by atoms with Gasteiger partial charge in [-0.2, -0.15) is 0 Å². The van der Waals surface area contributed by atoms with Gasteiger partial charge in [0.25, 0.3) is 5.91 Å². The van der Waals surface area contributed by atoms with Gasteiger partial charge >= 0.3 is 5.97 Å². The molecule has 1 fully saturated rings. The van der Waals surface area contributed by atoms with Gasteiger partial charge in [-0.1, -0.05) is 24.3 Å². The first kappa shape index (κ1) is 18.9. The summed E-state index contributed by atoms with van der Waals surface area (Å²) in [7, 11) is 1.49. The van der Waals surface area contributed by atoms with Gasteiger partial charge in [0, 0.05) is 19.9 Å². The first-order valence-electron chi connectivity index (χ1n) is 9.21. The van der Waals surface area contributed by atoms with E-state index in [1.807, 2.05) is 0 Å². The molecule has 2 aromatic carbocycles. The first-order chi connectivity index (χ1) is 14.0. The number of ether oxygens (including phenoxy) is 2. The van der Waals surface area contributed by atoms with Gasteiger partial charge < -0.3 is 14.4 Å². The smallest absolute Gasteiger partial charge is 0.353 e. The van der Waals surface area contributed by atoms with Crippen molar-refractivity contribution in [1.29, 1.82) is 0 Å². The van der Waals surface area contributed by atoms with Crippen LogP contribution in [0.3, 0.4) is 0 Å². The van der Waals surface area contributed by atoms with Crippen molar-refractivity contribution >= 4 is 23.5 Å². The van der Waals surface area contributed by atoms with E-state index in [1.165, 1.54) is 29.0 Å². The number of hydrogen-bond acceptors (Lipinski definition) is 5. The third-order valence-corrected chi connectivity index (χ3v) is 5.28. The van der Waals surface area contributed by atoms with Crippen LogP contribution in [0.1, 0.15) is 23.2 Å². The number of carbonyl (C=O) groups excluding carboxylic acids is 3. The molecule has 150 valence electrons. The van der Waals surface area contributed by atoms with E-state index in [1.54, 1.807) is 36.4 Å². The number of amides is 2. The van der Waals surface area contributed by atoms with Crippen LogP contribution in [0.5, 0.6) is 5.75 Å². The molecule has 0 aliphatic carbocycles. The number of hydrogen-bond donors (Lipinski definition) is 0. The lowest BCUT2D eigenvalue weighted by Crippen LogP contribution is -2.67. The van der Waals surface area contributed by atoms with Crippen LogP contribution in [0.2, 0.25) is 0 Å². The highest BCUT2D eigenvalue weighted by atomic mass is 19.1. The number of likely N-dealkylation sites (N-methyl/N-ethyl adjacent to an activating group) is 1. The van der Waals surface area contributed by atoms with Gasteiger partial charge in [-0.15, -0.1) is 0 Å². The summed E-state index contributed by atoms with van der Waals surface area (Å²) in [5.74, 6) is -1.79. The van der Waals surface area contributed by atoms with Gasteiger partial charge in [-0.3, -0.25) is 14.5 Å². The zero-order valence-corrected chi connectivity index (χ0v) is 15.8. The van der Waals surface area contributed by atoms with E-state index < -0.39 is 17.4 Å². The molecule has 2 heterocycles. The standard InChI is InChI=1S/C21H19FN2O5/c1-23-19(26)14-6-2-4-8-16(14)24-18(25)10-11-21(23,24)20(27)29-13-12-28-17-9-5-3-7-15(17)22/h2-9H,10-13H2,1H3/t21-/m1/s1. The monoisotopic (exact) mass is 398 g/mol. The Hall–Kier alpha value is -3.42. The first-order valence-corrected chi connectivity index (χ1v) is 9.21. The minimum absolute atomic E-state index is 0.0540. The Bertz CT molecular complexity index is 995. The van der Waals surface area contributed by atoms with E-state index in [0.717, 1.165) is 0 Å². The van der Waals surface area contributed by atoms with Crippen LogP contribution in [0.25, 0.3) is 0 Å². The van der Waals surface area contributed by atoms with Gasteiger partial charge in [-0.25, -0.2) is 9.18 Å². The summed E-state index contributed by atoms with van der Waals surface area (Å²) in [5.41, 5.74) is -0.769. The van der Waals surface area contributed by atoms with Gasteiger partial charge in [-0.05, 0) is 24.3 Å². The van der Waals surface area contributed by atoms with E-state index in [9.17, 15) is 18.8 Å². The zero-order chi connectivity index (χ0) is 20.6. The maximum absolute atomic E-state index is 13.6. The molecule has 1 atom stereocenters. The van der Waals surface area contributed by atoms with Crippen molar-refractivity contribution in [3.8, 4) is 5.75 Å². The minimum atomic E-state index is -1.53. The van der Waals surface area contributed by atoms with Crippen molar-refractivity contribution in [2.24, 2.45) is 0 Å². The molecule has 2 aromatic rings. The van der Waals surface area contributed by atoms with Crippen LogP contribution in [0.15, 0.2) is 48.5 Å². The Kier molecular flexibility index (Phi) is 4.70. The number of anilines is 1. The topological polar surface area (TPSA) is 76.2 Å². The summed E-state index contributed by atoms with van der Waals surface area (Å²) < 4.78 is 24.2. The van der Waals surface area contributed by atoms with Crippen molar-refractivity contribution in [1.82, 2.24) is 4.90 Å². The van der Waals surface area contributed by atoms with E-state index in [0.29, 0.717) is 11.3 Å². The molecule has 29 heavy (non-hydrogen) atoms. The molecule has 1 saturated heterocycles. The Labute approximate surface area is 166 Å². The van der Waals surface area contributed by atoms with Crippen LogP contribution in [0, 0.1) is 5.82 Å². The normalized spacial score (nSPS) is 20.3. The molecule has 2 aliphatic rings. The summed E-state index contributed by atoms with van der Waals surface area (Å²) in [6, 6.07) is 12.6. The van der Waals surface area contributed by atoms with Gasteiger partial charge in [0.2, 0.25) is 11.6 Å². The quantitative estimate of drug-likeness (QED) is 0.571. The molecule has 0 saturated carbocycles. The third kappa shape index (κ3) is 2.91. The van der Waals surface area contributed by atoms with Crippen LogP contribution in [-0.2, 0) is 14.3 Å². The molecule has 0 unspecified atom stereocenters. The molecule has 0 N–H and O–H groups in total. The summed E-state index contributed by atoms with van der Waals surface area (Å²) in [6.07, 6.45) is 0.252. The van der Waals surface area contributed by atoms with Crippen molar-refractivity contribution in [3.63, 3.8) is 0 Å². The number of benzene rings is 2. The fourth-order valence-corrected chi connectivity index (χ4v) is 3.85. The molecule has 2 aliphatic heterocycles. The van der Waals surface area contributed by atoms with Crippen molar-refractivity contribution in [2.75, 3.05) is 25.2 Å². The number of para-hydroxylation sites is 2. The number of rotatable bonds is 5. The number of esters is 1. The second kappa shape index (κ2) is 7.20. The molecule has 0 radical (unpaired) electrons. The predicted molar refractivity (Wildman–Crippen MR) is 101 cm³/mol. The van der Waals surface area contributed by atoms with Gasteiger partial charge in [0.1, 0.15) is 13.2 Å². The lowest BCUT2D eigenvalue weighted by atomic mass is 9.97. The maximum Gasteiger partial charge on any atom is 0.353 e. The minimum Gasteiger partial charge on any atom is -0.487 e. The molecular weight excluding hydrogens is 379 g/mol. The van der Waals surface area contributed by atoms with Crippen LogP contribution in [-0.4, -0.2) is 48.6 Å². The molecular formula is C21H19FN2O5. The Morgan fingerprint density at radius 3 is 2.62 bits per heavy atom. The largest absolute Gasteiger partial charge is 0.487 e. The second-order valence-corrected chi connectivity index (χ2v) is 6.84. The van der Waals surface area contributed by atoms with E-state index in [4.69, 9.17) is 9.47 Å². The van der Waals surface area contributed by atoms with Gasteiger partial charge in [0.15, 0.2) is 11.6 Å². The average Bonchev–Trinajstić information content (AvgIpc) is 3.09. The molecule has 0 bridgehead atoms. The zero-order valence-electron chi connectivity index (χ0n) is 15.8. The Balaban J connectivity index is 1.53. The fraction of sp³-hybridized carbons (Fsp3) is 0.286. The summed E-state index contributed by atoms with van der Waals surface area (Å²) >= 11 is 0. The highest BCUT2D eigenvalue weighted by Crippen LogP contribution is 2.44. The van der Waals surface area contributed by atoms with Crippen molar-refractivity contribution < 1.29 is 28.2 Å². The number of nitrogens with zero attached hydrogens (tertiary/aromatic N) is 2. The average molecular weight is 398 g/mol.